The van der Waals surface area contributed by atoms with Crippen LogP contribution in [0.15, 0.2) is 0 Å². The Bertz CT molecular complexity index is 294. The Labute approximate surface area is 114 Å². The summed E-state index contributed by atoms with van der Waals surface area (Å²) < 4.78 is 5.63. The largest absolute Gasteiger partial charge is 0.481 e. The van der Waals surface area contributed by atoms with Crippen LogP contribution < -0.4 is 5.32 Å². The van der Waals surface area contributed by atoms with Crippen LogP contribution in [0.3, 0.4) is 0 Å². The predicted molar refractivity (Wildman–Crippen MR) is 71.0 cm³/mol. The fourth-order valence-electron chi connectivity index (χ4n) is 3.01. The van der Waals surface area contributed by atoms with Gasteiger partial charge in [-0.2, -0.15) is 0 Å². The monoisotopic (exact) mass is 271 g/mol. The molecule has 5 nitrogen and oxygen atoms in total. The average molecular weight is 271 g/mol. The van der Waals surface area contributed by atoms with Crippen molar-refractivity contribution in [2.75, 3.05) is 19.7 Å². The molecule has 0 bridgehead atoms. The van der Waals surface area contributed by atoms with Gasteiger partial charge in [0.15, 0.2) is 0 Å². The summed E-state index contributed by atoms with van der Waals surface area (Å²) >= 11 is 0. The van der Waals surface area contributed by atoms with Crippen molar-refractivity contribution >= 4 is 5.97 Å². The minimum atomic E-state index is -0.735. The van der Waals surface area contributed by atoms with Gasteiger partial charge in [0.25, 0.3) is 0 Å². The first-order valence-corrected chi connectivity index (χ1v) is 7.37. The maximum absolute atomic E-state index is 10.9. The van der Waals surface area contributed by atoms with Gasteiger partial charge in [0.2, 0.25) is 0 Å². The molecule has 1 heterocycles. The van der Waals surface area contributed by atoms with Gasteiger partial charge in [-0.3, -0.25) is 4.79 Å². The molecule has 1 aliphatic carbocycles. The van der Waals surface area contributed by atoms with E-state index in [1.165, 1.54) is 6.42 Å². The van der Waals surface area contributed by atoms with Crippen molar-refractivity contribution in [3.63, 3.8) is 0 Å². The third-order valence-corrected chi connectivity index (χ3v) is 4.37. The van der Waals surface area contributed by atoms with E-state index in [0.29, 0.717) is 32.2 Å². The topological polar surface area (TPSA) is 78.8 Å². The lowest BCUT2D eigenvalue weighted by Crippen LogP contribution is -2.46. The van der Waals surface area contributed by atoms with E-state index in [9.17, 15) is 9.90 Å². The summed E-state index contributed by atoms with van der Waals surface area (Å²) in [5.41, 5.74) is -0.735. The van der Waals surface area contributed by atoms with Crippen molar-refractivity contribution in [1.82, 2.24) is 5.32 Å². The lowest BCUT2D eigenvalue weighted by atomic mass is 9.79. The molecule has 5 heteroatoms. The minimum absolute atomic E-state index is 0.271. The number of ether oxygens (including phenoxy) is 1. The molecule has 0 amide bonds. The van der Waals surface area contributed by atoms with Crippen LogP contribution in [0.5, 0.6) is 0 Å². The number of carbonyl (C=O) groups is 1. The van der Waals surface area contributed by atoms with Gasteiger partial charge in [0.1, 0.15) is 0 Å². The Morgan fingerprint density at radius 2 is 2.00 bits per heavy atom. The SMILES string of the molecule is O=C(O)C1CCC(O)(CNCC2CCCCO2)CC1. The van der Waals surface area contributed by atoms with Crippen LogP contribution in [0.25, 0.3) is 0 Å². The van der Waals surface area contributed by atoms with E-state index in [1.807, 2.05) is 0 Å². The number of aliphatic carboxylic acids is 1. The van der Waals surface area contributed by atoms with E-state index >= 15 is 0 Å². The fraction of sp³-hybridized carbons (Fsp3) is 0.929. The summed E-state index contributed by atoms with van der Waals surface area (Å²) in [4.78, 5) is 10.9. The molecule has 2 rings (SSSR count). The zero-order valence-corrected chi connectivity index (χ0v) is 11.4. The van der Waals surface area contributed by atoms with E-state index in [2.05, 4.69) is 5.32 Å². The zero-order chi connectivity index (χ0) is 13.7. The highest BCUT2D eigenvalue weighted by Crippen LogP contribution is 2.31. The molecule has 2 fully saturated rings. The van der Waals surface area contributed by atoms with Gasteiger partial charge < -0.3 is 20.3 Å². The van der Waals surface area contributed by atoms with Crippen LogP contribution in [-0.2, 0) is 9.53 Å². The first-order valence-electron chi connectivity index (χ1n) is 7.37. The van der Waals surface area contributed by atoms with Crippen molar-refractivity contribution in [3.05, 3.63) is 0 Å². The number of carboxylic acids is 1. The Balaban J connectivity index is 1.66. The number of carboxylic acid groups (broad SMARTS) is 1. The zero-order valence-electron chi connectivity index (χ0n) is 11.4. The van der Waals surface area contributed by atoms with Gasteiger partial charge in [0.05, 0.1) is 17.6 Å². The number of nitrogens with one attached hydrogen (secondary N) is 1. The number of aliphatic hydroxyl groups is 1. The third kappa shape index (κ3) is 4.44. The molecule has 0 aromatic rings. The second kappa shape index (κ2) is 6.68. The maximum Gasteiger partial charge on any atom is 0.306 e. The minimum Gasteiger partial charge on any atom is -0.481 e. The number of hydrogen-bond donors (Lipinski definition) is 3. The lowest BCUT2D eigenvalue weighted by molar-refractivity contribution is -0.144. The Hall–Kier alpha value is -0.650. The van der Waals surface area contributed by atoms with Crippen LogP contribution in [0, 0.1) is 5.92 Å². The Morgan fingerprint density at radius 3 is 2.58 bits per heavy atom. The van der Waals surface area contributed by atoms with Gasteiger partial charge in [0, 0.05) is 19.7 Å². The van der Waals surface area contributed by atoms with Crippen molar-refractivity contribution in [1.29, 1.82) is 0 Å². The first kappa shape index (κ1) is 14.8. The van der Waals surface area contributed by atoms with Crippen molar-refractivity contribution < 1.29 is 19.7 Å². The Morgan fingerprint density at radius 1 is 1.26 bits per heavy atom. The summed E-state index contributed by atoms with van der Waals surface area (Å²) in [7, 11) is 0. The quantitative estimate of drug-likeness (QED) is 0.699. The average Bonchev–Trinajstić information content (AvgIpc) is 2.40. The van der Waals surface area contributed by atoms with Crippen LogP contribution in [0.2, 0.25) is 0 Å². The van der Waals surface area contributed by atoms with Crippen molar-refractivity contribution in [2.45, 2.75) is 56.7 Å². The van der Waals surface area contributed by atoms with Gasteiger partial charge in [-0.1, -0.05) is 0 Å². The van der Waals surface area contributed by atoms with Crippen molar-refractivity contribution in [2.24, 2.45) is 5.92 Å². The lowest BCUT2D eigenvalue weighted by Gasteiger charge is -2.35. The van der Waals surface area contributed by atoms with E-state index in [4.69, 9.17) is 9.84 Å². The summed E-state index contributed by atoms with van der Waals surface area (Å²) in [6, 6.07) is 0. The maximum atomic E-state index is 10.9. The number of rotatable bonds is 5. The third-order valence-electron chi connectivity index (χ3n) is 4.37. The fourth-order valence-corrected chi connectivity index (χ4v) is 3.01. The summed E-state index contributed by atoms with van der Waals surface area (Å²) in [6.45, 7) is 2.17. The molecule has 1 saturated carbocycles. The molecular weight excluding hydrogens is 246 g/mol. The molecule has 0 radical (unpaired) electrons. The molecule has 1 aliphatic heterocycles. The van der Waals surface area contributed by atoms with Crippen LogP contribution in [-0.4, -0.2) is 47.6 Å². The van der Waals surface area contributed by atoms with Crippen LogP contribution in [0.1, 0.15) is 44.9 Å². The second-order valence-corrected chi connectivity index (χ2v) is 5.96. The van der Waals surface area contributed by atoms with E-state index in [1.54, 1.807) is 0 Å². The standard InChI is InChI=1S/C14H25NO4/c16-13(17)11-4-6-14(18,7-5-11)10-15-9-12-3-1-2-8-19-12/h11-12,15,18H,1-10H2,(H,16,17). The highest BCUT2D eigenvalue weighted by atomic mass is 16.5. The molecule has 1 saturated heterocycles. The summed E-state index contributed by atoms with van der Waals surface area (Å²) in [6.07, 6.45) is 6.03. The summed E-state index contributed by atoms with van der Waals surface area (Å²) in [5, 5.41) is 22.6. The Kier molecular flexibility index (Phi) is 5.19. The molecule has 1 atom stereocenters. The second-order valence-electron chi connectivity index (χ2n) is 5.96. The normalized spacial score (nSPS) is 36.1. The molecule has 1 unspecified atom stereocenters. The highest BCUT2D eigenvalue weighted by Gasteiger charge is 2.35. The highest BCUT2D eigenvalue weighted by molar-refractivity contribution is 5.70. The van der Waals surface area contributed by atoms with Gasteiger partial charge in [-0.15, -0.1) is 0 Å². The van der Waals surface area contributed by atoms with E-state index < -0.39 is 11.6 Å². The van der Waals surface area contributed by atoms with Crippen LogP contribution in [0.4, 0.5) is 0 Å². The van der Waals surface area contributed by atoms with Gasteiger partial charge in [-0.25, -0.2) is 0 Å². The molecule has 0 aromatic heterocycles. The molecule has 2 aliphatic rings. The molecule has 0 spiro atoms. The molecule has 3 N–H and O–H groups in total. The van der Waals surface area contributed by atoms with E-state index in [-0.39, 0.29) is 12.0 Å². The van der Waals surface area contributed by atoms with Gasteiger partial charge in [-0.05, 0) is 44.9 Å². The number of hydrogen-bond acceptors (Lipinski definition) is 4. The first-order chi connectivity index (χ1) is 9.09. The van der Waals surface area contributed by atoms with Gasteiger partial charge >= 0.3 is 5.97 Å². The van der Waals surface area contributed by atoms with Crippen LogP contribution >= 0.6 is 0 Å². The molecule has 0 aromatic carbocycles. The smallest absolute Gasteiger partial charge is 0.306 e. The van der Waals surface area contributed by atoms with E-state index in [0.717, 1.165) is 26.0 Å². The molecular formula is C14H25NO4. The predicted octanol–water partition coefficient (Wildman–Crippen LogP) is 1.15. The summed E-state index contributed by atoms with van der Waals surface area (Å²) in [5.74, 6) is -1.01. The molecule has 110 valence electrons. The van der Waals surface area contributed by atoms with Crippen molar-refractivity contribution in [3.8, 4) is 0 Å². The molecule has 19 heavy (non-hydrogen) atoms.